The first-order valence-corrected chi connectivity index (χ1v) is 7.07. The highest BCUT2D eigenvalue weighted by Gasteiger charge is 2.27. The maximum Gasteiger partial charge on any atom is 0.224 e. The molecular formula is C13H25N3O2. The van der Waals surface area contributed by atoms with Crippen molar-refractivity contribution in [3.05, 3.63) is 0 Å². The topological polar surface area (TPSA) is 67.6 Å². The summed E-state index contributed by atoms with van der Waals surface area (Å²) in [6.07, 6.45) is 3.29. The molecule has 0 aliphatic carbocycles. The van der Waals surface area contributed by atoms with Gasteiger partial charge in [0.2, 0.25) is 5.91 Å². The fraction of sp³-hybridized carbons (Fsp3) is 0.923. The van der Waals surface area contributed by atoms with E-state index in [0.29, 0.717) is 19.0 Å². The Labute approximate surface area is 109 Å². The highest BCUT2D eigenvalue weighted by Crippen LogP contribution is 2.20. The number of amides is 1. The molecule has 0 spiro atoms. The van der Waals surface area contributed by atoms with Gasteiger partial charge in [-0.1, -0.05) is 0 Å². The molecule has 2 rings (SSSR count). The van der Waals surface area contributed by atoms with Crippen molar-refractivity contribution in [1.29, 1.82) is 0 Å². The lowest BCUT2D eigenvalue weighted by molar-refractivity contribution is -0.126. The van der Waals surface area contributed by atoms with Gasteiger partial charge in [0.05, 0.1) is 12.5 Å². The maximum absolute atomic E-state index is 11.9. The molecule has 2 atom stereocenters. The van der Waals surface area contributed by atoms with Crippen LogP contribution in [0.2, 0.25) is 0 Å². The average molecular weight is 255 g/mol. The van der Waals surface area contributed by atoms with Gasteiger partial charge in [0, 0.05) is 32.8 Å². The maximum atomic E-state index is 11.9. The van der Waals surface area contributed by atoms with Gasteiger partial charge in [0.25, 0.3) is 0 Å². The van der Waals surface area contributed by atoms with Gasteiger partial charge in [-0.25, -0.2) is 0 Å². The second-order valence-electron chi connectivity index (χ2n) is 5.41. The number of nitrogens with one attached hydrogen (secondary N) is 1. The molecule has 2 aliphatic heterocycles. The molecule has 0 aromatic rings. The summed E-state index contributed by atoms with van der Waals surface area (Å²) in [7, 11) is 0. The van der Waals surface area contributed by atoms with Crippen LogP contribution in [0.4, 0.5) is 0 Å². The molecule has 0 radical (unpaired) electrons. The molecule has 0 aromatic carbocycles. The fourth-order valence-electron chi connectivity index (χ4n) is 2.87. The second kappa shape index (κ2) is 7.07. The number of nitrogens with two attached hydrogens (primary N) is 1. The van der Waals surface area contributed by atoms with Crippen LogP contribution in [-0.4, -0.2) is 56.7 Å². The van der Waals surface area contributed by atoms with E-state index in [1.54, 1.807) is 0 Å². The Morgan fingerprint density at radius 3 is 3.06 bits per heavy atom. The molecule has 1 amide bonds. The van der Waals surface area contributed by atoms with E-state index in [2.05, 4.69) is 10.2 Å². The quantitative estimate of drug-likeness (QED) is 0.714. The number of rotatable bonds is 5. The zero-order chi connectivity index (χ0) is 12.8. The van der Waals surface area contributed by atoms with Crippen molar-refractivity contribution in [1.82, 2.24) is 10.2 Å². The molecule has 104 valence electrons. The van der Waals surface area contributed by atoms with E-state index < -0.39 is 0 Å². The minimum atomic E-state index is 0.146. The average Bonchev–Trinajstić information content (AvgIpc) is 2.89. The van der Waals surface area contributed by atoms with Crippen molar-refractivity contribution in [3.63, 3.8) is 0 Å². The summed E-state index contributed by atoms with van der Waals surface area (Å²) < 4.78 is 5.41. The first-order valence-electron chi connectivity index (χ1n) is 7.07. The largest absolute Gasteiger partial charge is 0.381 e. The predicted molar refractivity (Wildman–Crippen MR) is 70.2 cm³/mol. The highest BCUT2D eigenvalue weighted by atomic mass is 16.5. The Kier molecular flexibility index (Phi) is 5.41. The molecular weight excluding hydrogens is 230 g/mol. The van der Waals surface area contributed by atoms with Crippen LogP contribution in [0.1, 0.15) is 19.3 Å². The van der Waals surface area contributed by atoms with Crippen LogP contribution in [0.15, 0.2) is 0 Å². The summed E-state index contributed by atoms with van der Waals surface area (Å²) in [5, 5.41) is 2.90. The normalized spacial score (nSPS) is 29.4. The van der Waals surface area contributed by atoms with Gasteiger partial charge in [0.1, 0.15) is 0 Å². The molecule has 5 heteroatoms. The first kappa shape index (κ1) is 13.8. The summed E-state index contributed by atoms with van der Waals surface area (Å²) in [6, 6.07) is 0. The SMILES string of the molecule is NCCNC(=O)C1CCCN(CC2CCOC2)C1. The minimum absolute atomic E-state index is 0.146. The van der Waals surface area contributed by atoms with Crippen molar-refractivity contribution in [2.24, 2.45) is 17.6 Å². The van der Waals surface area contributed by atoms with Crippen LogP contribution in [0, 0.1) is 11.8 Å². The highest BCUT2D eigenvalue weighted by molar-refractivity contribution is 5.78. The number of piperidine rings is 1. The molecule has 0 saturated carbocycles. The molecule has 5 nitrogen and oxygen atoms in total. The van der Waals surface area contributed by atoms with Crippen LogP contribution < -0.4 is 11.1 Å². The number of nitrogens with zero attached hydrogens (tertiary/aromatic N) is 1. The zero-order valence-corrected chi connectivity index (χ0v) is 11.1. The standard InChI is InChI=1S/C13H25N3O2/c14-4-5-15-13(17)12-2-1-6-16(9-12)8-11-3-7-18-10-11/h11-12H,1-10,14H2,(H,15,17). The Hall–Kier alpha value is -0.650. The smallest absolute Gasteiger partial charge is 0.224 e. The van der Waals surface area contributed by atoms with E-state index in [0.717, 1.165) is 45.7 Å². The summed E-state index contributed by atoms with van der Waals surface area (Å²) in [5.74, 6) is 0.983. The third-order valence-corrected chi connectivity index (χ3v) is 3.86. The number of likely N-dealkylation sites (tertiary alicyclic amines) is 1. The monoisotopic (exact) mass is 255 g/mol. The molecule has 2 heterocycles. The second-order valence-corrected chi connectivity index (χ2v) is 5.41. The number of carbonyl (C=O) groups excluding carboxylic acids is 1. The molecule has 2 saturated heterocycles. The number of hydrogen-bond donors (Lipinski definition) is 2. The Morgan fingerprint density at radius 1 is 1.44 bits per heavy atom. The summed E-state index contributed by atoms with van der Waals surface area (Å²) >= 11 is 0. The van der Waals surface area contributed by atoms with Crippen LogP contribution in [-0.2, 0) is 9.53 Å². The molecule has 3 N–H and O–H groups in total. The lowest BCUT2D eigenvalue weighted by Crippen LogP contribution is -2.45. The van der Waals surface area contributed by atoms with Gasteiger partial charge in [-0.05, 0) is 31.7 Å². The summed E-state index contributed by atoms with van der Waals surface area (Å²) in [5.41, 5.74) is 5.40. The van der Waals surface area contributed by atoms with Crippen molar-refractivity contribution in [2.45, 2.75) is 19.3 Å². The van der Waals surface area contributed by atoms with Crippen molar-refractivity contribution >= 4 is 5.91 Å². The molecule has 2 aliphatic rings. The van der Waals surface area contributed by atoms with Gasteiger partial charge in [-0.2, -0.15) is 0 Å². The van der Waals surface area contributed by atoms with E-state index in [1.165, 1.54) is 6.42 Å². The van der Waals surface area contributed by atoms with E-state index >= 15 is 0 Å². The van der Waals surface area contributed by atoms with E-state index in [-0.39, 0.29) is 11.8 Å². The molecule has 0 aromatic heterocycles. The Bertz CT molecular complexity index is 267. The van der Waals surface area contributed by atoms with Crippen molar-refractivity contribution < 1.29 is 9.53 Å². The fourth-order valence-corrected chi connectivity index (χ4v) is 2.87. The van der Waals surface area contributed by atoms with Crippen molar-refractivity contribution in [3.8, 4) is 0 Å². The van der Waals surface area contributed by atoms with Crippen LogP contribution in [0.25, 0.3) is 0 Å². The summed E-state index contributed by atoms with van der Waals surface area (Å²) in [4.78, 5) is 14.3. The third kappa shape index (κ3) is 3.93. The van der Waals surface area contributed by atoms with Crippen LogP contribution in [0.3, 0.4) is 0 Å². The number of ether oxygens (including phenoxy) is 1. The number of carbonyl (C=O) groups is 1. The Balaban J connectivity index is 1.74. The van der Waals surface area contributed by atoms with Gasteiger partial charge in [-0.15, -0.1) is 0 Å². The van der Waals surface area contributed by atoms with E-state index in [9.17, 15) is 4.79 Å². The van der Waals surface area contributed by atoms with Gasteiger partial charge in [0.15, 0.2) is 0 Å². The van der Waals surface area contributed by atoms with Crippen LogP contribution in [0.5, 0.6) is 0 Å². The minimum Gasteiger partial charge on any atom is -0.381 e. The molecule has 18 heavy (non-hydrogen) atoms. The number of hydrogen-bond acceptors (Lipinski definition) is 4. The van der Waals surface area contributed by atoms with Crippen molar-refractivity contribution in [2.75, 3.05) is 45.9 Å². The lowest BCUT2D eigenvalue weighted by atomic mass is 9.96. The summed E-state index contributed by atoms with van der Waals surface area (Å²) in [6.45, 7) is 6.00. The Morgan fingerprint density at radius 2 is 2.33 bits per heavy atom. The molecule has 0 bridgehead atoms. The van der Waals surface area contributed by atoms with E-state index in [1.807, 2.05) is 0 Å². The lowest BCUT2D eigenvalue weighted by Gasteiger charge is -2.33. The first-order chi connectivity index (χ1) is 8.79. The molecule has 2 fully saturated rings. The molecule has 2 unspecified atom stereocenters. The van der Waals surface area contributed by atoms with E-state index in [4.69, 9.17) is 10.5 Å². The third-order valence-electron chi connectivity index (χ3n) is 3.86. The van der Waals surface area contributed by atoms with Gasteiger partial charge >= 0.3 is 0 Å². The zero-order valence-electron chi connectivity index (χ0n) is 11.1. The van der Waals surface area contributed by atoms with Gasteiger partial charge < -0.3 is 20.7 Å². The predicted octanol–water partition coefficient (Wildman–Crippen LogP) is -0.190. The van der Waals surface area contributed by atoms with Gasteiger partial charge in [-0.3, -0.25) is 4.79 Å². The van der Waals surface area contributed by atoms with Crippen LogP contribution >= 0.6 is 0 Å².